The third-order valence-corrected chi connectivity index (χ3v) is 7.29. The number of piperazine rings is 1. The number of hydrogen-bond donors (Lipinski definition) is 3. The molecule has 3 N–H and O–H groups in total. The van der Waals surface area contributed by atoms with Gasteiger partial charge in [0.05, 0.1) is 11.2 Å². The average Bonchev–Trinajstić information content (AvgIpc) is 2.84. The molecule has 3 aromatic rings. The van der Waals surface area contributed by atoms with Crippen molar-refractivity contribution in [2.75, 3.05) is 49.5 Å². The minimum Gasteiger partial charge on any atom is -0.384 e. The Morgan fingerprint density at radius 1 is 1.06 bits per heavy atom. The fourth-order valence-corrected chi connectivity index (χ4v) is 5.58. The van der Waals surface area contributed by atoms with Crippen LogP contribution in [0, 0.1) is 13.8 Å². The van der Waals surface area contributed by atoms with Crippen molar-refractivity contribution < 1.29 is 4.79 Å². The zero-order valence-corrected chi connectivity index (χ0v) is 21.0. The molecule has 0 unspecified atom stereocenters. The van der Waals surface area contributed by atoms with Crippen LogP contribution in [0.3, 0.4) is 0 Å². The molecule has 2 aliphatic rings. The molecule has 5 rings (SSSR count). The lowest BCUT2D eigenvalue weighted by Crippen LogP contribution is -2.46. The van der Waals surface area contributed by atoms with Gasteiger partial charge < -0.3 is 20.5 Å². The first kappa shape index (κ1) is 23.4. The van der Waals surface area contributed by atoms with Crippen LogP contribution in [-0.4, -0.2) is 55.1 Å². The largest absolute Gasteiger partial charge is 0.384 e. The van der Waals surface area contributed by atoms with Gasteiger partial charge in [-0.2, -0.15) is 0 Å². The number of H-pyrrole nitrogens is 1. The van der Waals surface area contributed by atoms with Gasteiger partial charge in [-0.25, -0.2) is 0 Å². The van der Waals surface area contributed by atoms with Crippen molar-refractivity contribution in [1.29, 1.82) is 0 Å². The molecule has 1 saturated heterocycles. The number of anilines is 2. The van der Waals surface area contributed by atoms with Gasteiger partial charge in [-0.1, -0.05) is 6.07 Å². The molecular formula is C28H35N5O2. The number of carbonyl (C=O) groups excluding carboxylic acids is 1. The summed E-state index contributed by atoms with van der Waals surface area (Å²) in [5.41, 5.74) is 8.39. The van der Waals surface area contributed by atoms with Crippen molar-refractivity contribution in [3.05, 3.63) is 68.5 Å². The van der Waals surface area contributed by atoms with Crippen LogP contribution < -0.4 is 21.1 Å². The maximum atomic E-state index is 12.6. The predicted molar refractivity (Wildman–Crippen MR) is 143 cm³/mol. The maximum absolute atomic E-state index is 12.6. The van der Waals surface area contributed by atoms with Crippen LogP contribution >= 0.6 is 0 Å². The molecule has 7 nitrogen and oxygen atoms in total. The third kappa shape index (κ3) is 4.65. The molecule has 0 radical (unpaired) electrons. The topological polar surface area (TPSA) is 80.5 Å². The van der Waals surface area contributed by atoms with Crippen LogP contribution in [0.1, 0.15) is 46.0 Å². The number of nitrogens with zero attached hydrogens (tertiary/aromatic N) is 2. The molecule has 3 heterocycles. The first-order valence-corrected chi connectivity index (χ1v) is 12.7. The van der Waals surface area contributed by atoms with Gasteiger partial charge >= 0.3 is 0 Å². The Hall–Kier alpha value is -3.32. The molecule has 1 amide bonds. The lowest BCUT2D eigenvalue weighted by molar-refractivity contribution is 0.0955. The van der Waals surface area contributed by atoms with E-state index in [4.69, 9.17) is 0 Å². The highest BCUT2D eigenvalue weighted by Crippen LogP contribution is 2.31. The third-order valence-electron chi connectivity index (χ3n) is 7.29. The summed E-state index contributed by atoms with van der Waals surface area (Å²) in [6, 6.07) is 10.4. The Labute approximate surface area is 206 Å². The van der Waals surface area contributed by atoms with Gasteiger partial charge in [0.25, 0.3) is 11.5 Å². The van der Waals surface area contributed by atoms with Gasteiger partial charge in [0, 0.05) is 68.0 Å². The van der Waals surface area contributed by atoms with Crippen LogP contribution in [0.2, 0.25) is 0 Å². The van der Waals surface area contributed by atoms with E-state index in [1.54, 1.807) is 0 Å². The fraction of sp³-hybridized carbons (Fsp3) is 0.429. The standard InChI is InChI=1S/C28H35N5O2/c1-4-29-27(34)21-7-8-24(18(2)15-21)33-12-10-32(11-13-33)17-20-14-19(3)25-23(16-20)31-28(35)22-6-5-9-30-26(22)25/h7-8,14-16,30H,4-6,9-13,17H2,1-3H3,(H,29,34)(H,31,35). The normalized spacial score (nSPS) is 16.1. The lowest BCUT2D eigenvalue weighted by atomic mass is 9.97. The van der Waals surface area contributed by atoms with Crippen molar-refractivity contribution >= 4 is 28.2 Å². The molecule has 2 aromatic carbocycles. The van der Waals surface area contributed by atoms with E-state index in [2.05, 4.69) is 57.5 Å². The second-order valence-corrected chi connectivity index (χ2v) is 9.80. The first-order valence-electron chi connectivity index (χ1n) is 12.7. The van der Waals surface area contributed by atoms with E-state index in [0.29, 0.717) is 12.1 Å². The number of fused-ring (bicyclic) bond motifs is 3. The number of aromatic amines is 1. The molecule has 0 atom stereocenters. The van der Waals surface area contributed by atoms with Crippen LogP contribution in [-0.2, 0) is 13.0 Å². The summed E-state index contributed by atoms with van der Waals surface area (Å²) < 4.78 is 0. The summed E-state index contributed by atoms with van der Waals surface area (Å²) >= 11 is 0. The van der Waals surface area contributed by atoms with Gasteiger partial charge in [-0.3, -0.25) is 14.5 Å². The first-order chi connectivity index (χ1) is 16.9. The Kier molecular flexibility index (Phi) is 6.52. The highest BCUT2D eigenvalue weighted by molar-refractivity contribution is 5.96. The molecule has 2 aliphatic heterocycles. The van der Waals surface area contributed by atoms with E-state index < -0.39 is 0 Å². The number of pyridine rings is 1. The van der Waals surface area contributed by atoms with Crippen LogP contribution in [0.15, 0.2) is 35.1 Å². The summed E-state index contributed by atoms with van der Waals surface area (Å²) in [4.78, 5) is 32.8. The van der Waals surface area contributed by atoms with E-state index in [-0.39, 0.29) is 11.5 Å². The van der Waals surface area contributed by atoms with E-state index in [0.717, 1.165) is 79.8 Å². The molecule has 0 spiro atoms. The number of aromatic nitrogens is 1. The lowest BCUT2D eigenvalue weighted by Gasteiger charge is -2.37. The number of benzene rings is 2. The Balaban J connectivity index is 1.28. The second-order valence-electron chi connectivity index (χ2n) is 9.80. The molecule has 1 fully saturated rings. The van der Waals surface area contributed by atoms with E-state index in [1.165, 1.54) is 16.8 Å². The smallest absolute Gasteiger partial charge is 0.253 e. The summed E-state index contributed by atoms with van der Waals surface area (Å²) in [6.07, 6.45) is 1.84. The van der Waals surface area contributed by atoms with Gasteiger partial charge in [0.2, 0.25) is 0 Å². The quantitative estimate of drug-likeness (QED) is 0.528. The fourth-order valence-electron chi connectivity index (χ4n) is 5.58. The van der Waals surface area contributed by atoms with E-state index in [9.17, 15) is 9.59 Å². The van der Waals surface area contributed by atoms with Gasteiger partial charge in [0.15, 0.2) is 0 Å². The average molecular weight is 474 g/mol. The van der Waals surface area contributed by atoms with E-state index >= 15 is 0 Å². The van der Waals surface area contributed by atoms with Crippen LogP contribution in [0.5, 0.6) is 0 Å². The van der Waals surface area contributed by atoms with Crippen molar-refractivity contribution in [3.63, 3.8) is 0 Å². The van der Waals surface area contributed by atoms with Crippen molar-refractivity contribution in [3.8, 4) is 0 Å². The summed E-state index contributed by atoms with van der Waals surface area (Å²) in [7, 11) is 0. The van der Waals surface area contributed by atoms with Crippen LogP contribution in [0.4, 0.5) is 11.4 Å². The van der Waals surface area contributed by atoms with Gasteiger partial charge in [-0.05, 0) is 74.6 Å². The van der Waals surface area contributed by atoms with Crippen molar-refractivity contribution in [2.45, 2.75) is 40.2 Å². The number of nitrogens with one attached hydrogen (secondary N) is 3. The highest BCUT2D eigenvalue weighted by Gasteiger charge is 2.21. The van der Waals surface area contributed by atoms with Gasteiger partial charge in [0.1, 0.15) is 0 Å². The maximum Gasteiger partial charge on any atom is 0.253 e. The molecule has 0 bridgehead atoms. The molecule has 35 heavy (non-hydrogen) atoms. The Bertz CT molecular complexity index is 1320. The monoisotopic (exact) mass is 473 g/mol. The minimum absolute atomic E-state index is 0.0183. The van der Waals surface area contributed by atoms with Gasteiger partial charge in [-0.15, -0.1) is 0 Å². The Morgan fingerprint density at radius 2 is 1.86 bits per heavy atom. The molecule has 184 valence electrons. The van der Waals surface area contributed by atoms with Crippen molar-refractivity contribution in [1.82, 2.24) is 15.2 Å². The summed E-state index contributed by atoms with van der Waals surface area (Å²) in [5.74, 6) is -0.0183. The number of hydrogen-bond acceptors (Lipinski definition) is 5. The zero-order chi connectivity index (χ0) is 24.5. The Morgan fingerprint density at radius 3 is 2.60 bits per heavy atom. The minimum atomic E-state index is -0.0183. The molecule has 7 heteroatoms. The summed E-state index contributed by atoms with van der Waals surface area (Å²) in [6.45, 7) is 12.4. The second kappa shape index (κ2) is 9.74. The number of amides is 1. The van der Waals surface area contributed by atoms with E-state index in [1.807, 2.05) is 19.1 Å². The summed E-state index contributed by atoms with van der Waals surface area (Å²) in [5, 5.41) is 7.49. The molecule has 0 aliphatic carbocycles. The number of rotatable bonds is 5. The van der Waals surface area contributed by atoms with Crippen molar-refractivity contribution in [2.24, 2.45) is 0 Å². The number of carbonyl (C=O) groups is 1. The highest BCUT2D eigenvalue weighted by atomic mass is 16.1. The molecule has 1 aromatic heterocycles. The van der Waals surface area contributed by atoms with Crippen LogP contribution in [0.25, 0.3) is 10.9 Å². The SMILES string of the molecule is CCNC(=O)c1ccc(N2CCN(Cc3cc(C)c4c5c(c(=O)[nH]c4c3)CCCN5)CC2)c(C)c1. The molecular weight excluding hydrogens is 438 g/mol. The predicted octanol–water partition coefficient (Wildman–Crippen LogP) is 3.57. The zero-order valence-electron chi connectivity index (χ0n) is 21.0. The molecule has 0 saturated carbocycles. The number of aryl methyl sites for hydroxylation is 2.